The van der Waals surface area contributed by atoms with Gasteiger partial charge in [-0.05, 0) is 34.5 Å². The number of halogens is 1. The number of rotatable bonds is 10. The van der Waals surface area contributed by atoms with Crippen LogP contribution < -0.4 is 4.90 Å². The van der Waals surface area contributed by atoms with E-state index in [2.05, 4.69) is 77.6 Å². The number of anilines is 1. The van der Waals surface area contributed by atoms with Gasteiger partial charge in [0.2, 0.25) is 0 Å². The van der Waals surface area contributed by atoms with Crippen LogP contribution in [0.15, 0.2) is 41.8 Å². The maximum atomic E-state index is 9.65. The average Bonchev–Trinajstić information content (AvgIpc) is 3.69. The molecule has 4 aromatic rings. The minimum absolute atomic E-state index is 0.126. The zero-order valence-electron chi connectivity index (χ0n) is 22.8. The SMILES string of the molecule is C[Si](C)(C)CCOCn1ccc2c(-c3cnn([C@@H](CC#N)C4CCN(c5ncc(Br)nc5C#N)C4)c3)ncnc21. The quantitative estimate of drug-likeness (QED) is 0.177. The Morgan fingerprint density at radius 1 is 1.20 bits per heavy atom. The number of ether oxygens (including phenoxy) is 1. The monoisotopic (exact) mass is 618 g/mol. The Labute approximate surface area is 242 Å². The fourth-order valence-corrected chi connectivity index (χ4v) is 6.09. The summed E-state index contributed by atoms with van der Waals surface area (Å²) < 4.78 is 10.4. The van der Waals surface area contributed by atoms with Gasteiger partial charge in [-0.3, -0.25) is 4.68 Å². The van der Waals surface area contributed by atoms with E-state index in [0.29, 0.717) is 30.1 Å². The molecule has 1 saturated heterocycles. The third-order valence-corrected chi connectivity index (χ3v) is 9.28. The molecule has 0 bridgehead atoms. The topological polar surface area (TPSA) is 134 Å². The first-order valence-electron chi connectivity index (χ1n) is 13.2. The summed E-state index contributed by atoms with van der Waals surface area (Å²) >= 11 is 3.28. The number of aromatic nitrogens is 7. The van der Waals surface area contributed by atoms with Gasteiger partial charge >= 0.3 is 0 Å². The second-order valence-corrected chi connectivity index (χ2v) is 17.6. The van der Waals surface area contributed by atoms with Gasteiger partial charge in [0.1, 0.15) is 29.4 Å². The molecule has 5 heterocycles. The Hall–Kier alpha value is -3.65. The molecule has 206 valence electrons. The van der Waals surface area contributed by atoms with Crippen LogP contribution in [-0.4, -0.2) is 62.1 Å². The van der Waals surface area contributed by atoms with Gasteiger partial charge in [-0.25, -0.2) is 19.9 Å². The van der Waals surface area contributed by atoms with Crippen LogP contribution in [0.5, 0.6) is 0 Å². The molecule has 4 aromatic heterocycles. The maximum absolute atomic E-state index is 9.65. The number of nitriles is 2. The van der Waals surface area contributed by atoms with E-state index >= 15 is 0 Å². The van der Waals surface area contributed by atoms with Crippen molar-refractivity contribution in [2.75, 3.05) is 24.6 Å². The van der Waals surface area contributed by atoms with E-state index in [4.69, 9.17) is 4.74 Å². The molecule has 2 atom stereocenters. The second kappa shape index (κ2) is 11.8. The molecule has 0 saturated carbocycles. The Morgan fingerprint density at radius 2 is 2.05 bits per heavy atom. The Morgan fingerprint density at radius 3 is 2.83 bits per heavy atom. The van der Waals surface area contributed by atoms with Crippen LogP contribution in [0.3, 0.4) is 0 Å². The molecule has 40 heavy (non-hydrogen) atoms. The Kier molecular flexibility index (Phi) is 8.26. The van der Waals surface area contributed by atoms with Crippen molar-refractivity contribution in [1.29, 1.82) is 10.5 Å². The van der Waals surface area contributed by atoms with Gasteiger partial charge in [0.15, 0.2) is 11.5 Å². The molecule has 5 rings (SSSR count). The predicted octanol–water partition coefficient (Wildman–Crippen LogP) is 5.01. The second-order valence-electron chi connectivity index (χ2n) is 11.2. The Bertz CT molecular complexity index is 1580. The van der Waals surface area contributed by atoms with Crippen LogP contribution in [0.1, 0.15) is 24.6 Å². The number of nitrogens with zero attached hydrogens (tertiary/aromatic N) is 10. The largest absolute Gasteiger partial charge is 0.361 e. The Balaban J connectivity index is 1.34. The first-order chi connectivity index (χ1) is 19.3. The lowest BCUT2D eigenvalue weighted by molar-refractivity contribution is 0.0899. The molecule has 1 unspecified atom stereocenters. The standard InChI is InChI=1S/C27H31BrN10OSi/c1-40(2,3)11-10-39-18-37-9-6-21-25(32-17-33-26(21)37)20-13-34-38(16-20)23(4-7-29)19-5-8-36(15-19)27-22(12-30)35-24(28)14-31-27/h6,9,13-14,16-17,19,23H,4-5,8,10-11,15,18H2,1-3H3/t19?,23-/m0/s1. The van der Waals surface area contributed by atoms with Crippen molar-refractivity contribution < 1.29 is 4.74 Å². The summed E-state index contributed by atoms with van der Waals surface area (Å²) in [6.45, 7) is 9.59. The van der Waals surface area contributed by atoms with Gasteiger partial charge in [0.25, 0.3) is 0 Å². The van der Waals surface area contributed by atoms with Crippen LogP contribution in [0.25, 0.3) is 22.3 Å². The summed E-state index contributed by atoms with van der Waals surface area (Å²) in [6, 6.07) is 7.47. The summed E-state index contributed by atoms with van der Waals surface area (Å²) in [5.41, 5.74) is 2.77. The van der Waals surface area contributed by atoms with Crippen LogP contribution in [-0.2, 0) is 11.5 Å². The minimum atomic E-state index is -1.15. The molecular weight excluding hydrogens is 588 g/mol. The molecule has 1 aliphatic rings. The first kappa shape index (κ1) is 27.9. The van der Waals surface area contributed by atoms with Crippen molar-refractivity contribution in [2.45, 2.75) is 51.3 Å². The van der Waals surface area contributed by atoms with E-state index in [0.717, 1.165) is 47.9 Å². The molecule has 13 heteroatoms. The molecule has 0 radical (unpaired) electrons. The predicted molar refractivity (Wildman–Crippen MR) is 157 cm³/mol. The average molecular weight is 620 g/mol. The molecule has 0 aromatic carbocycles. The van der Waals surface area contributed by atoms with Crippen LogP contribution in [0.2, 0.25) is 25.7 Å². The van der Waals surface area contributed by atoms with Gasteiger partial charge in [-0.2, -0.15) is 15.6 Å². The lowest BCUT2D eigenvalue weighted by atomic mass is 9.96. The van der Waals surface area contributed by atoms with Crippen molar-refractivity contribution >= 4 is 40.9 Å². The van der Waals surface area contributed by atoms with Crippen molar-refractivity contribution in [2.24, 2.45) is 5.92 Å². The third-order valence-electron chi connectivity index (χ3n) is 7.20. The van der Waals surface area contributed by atoms with Crippen LogP contribution in [0.4, 0.5) is 5.82 Å². The van der Waals surface area contributed by atoms with Gasteiger partial charge in [0, 0.05) is 57.0 Å². The number of fused-ring (bicyclic) bond motifs is 1. The van der Waals surface area contributed by atoms with Crippen LogP contribution >= 0.6 is 15.9 Å². The van der Waals surface area contributed by atoms with Gasteiger partial charge in [-0.1, -0.05) is 19.6 Å². The highest BCUT2D eigenvalue weighted by molar-refractivity contribution is 9.10. The van der Waals surface area contributed by atoms with Crippen molar-refractivity contribution in [1.82, 2.24) is 34.3 Å². The van der Waals surface area contributed by atoms with Gasteiger partial charge < -0.3 is 14.2 Å². The van der Waals surface area contributed by atoms with E-state index in [1.165, 1.54) is 0 Å². The lowest BCUT2D eigenvalue weighted by Crippen LogP contribution is -2.26. The normalized spacial score (nSPS) is 16.2. The van der Waals surface area contributed by atoms with Crippen LogP contribution in [0, 0.1) is 28.6 Å². The molecule has 11 nitrogen and oxygen atoms in total. The highest BCUT2D eigenvalue weighted by Gasteiger charge is 2.33. The van der Waals surface area contributed by atoms with Crippen molar-refractivity contribution in [3.63, 3.8) is 0 Å². The zero-order valence-corrected chi connectivity index (χ0v) is 25.4. The van der Waals surface area contributed by atoms with E-state index in [-0.39, 0.29) is 17.7 Å². The minimum Gasteiger partial charge on any atom is -0.361 e. The summed E-state index contributed by atoms with van der Waals surface area (Å²) in [4.78, 5) is 19.9. The number of hydrogen-bond acceptors (Lipinski definition) is 9. The van der Waals surface area contributed by atoms with Gasteiger partial charge in [-0.15, -0.1) is 0 Å². The lowest BCUT2D eigenvalue weighted by Gasteiger charge is -2.23. The highest BCUT2D eigenvalue weighted by Crippen LogP contribution is 2.34. The third kappa shape index (κ3) is 6.07. The van der Waals surface area contributed by atoms with Gasteiger partial charge in [0.05, 0.1) is 36.6 Å². The molecule has 1 aliphatic heterocycles. The van der Waals surface area contributed by atoms with Crippen molar-refractivity contribution in [3.05, 3.63) is 47.5 Å². The highest BCUT2D eigenvalue weighted by atomic mass is 79.9. The van der Waals surface area contributed by atoms with E-state index < -0.39 is 8.07 Å². The van der Waals surface area contributed by atoms with Crippen molar-refractivity contribution in [3.8, 4) is 23.4 Å². The molecule has 0 aliphatic carbocycles. The molecular formula is C27H31BrN10OSi. The molecule has 0 amide bonds. The fourth-order valence-electron chi connectivity index (χ4n) is 5.05. The fraction of sp³-hybridized carbons (Fsp3) is 0.444. The first-order valence-corrected chi connectivity index (χ1v) is 17.7. The summed E-state index contributed by atoms with van der Waals surface area (Å²) in [7, 11) is -1.15. The molecule has 0 N–H and O–H groups in total. The van der Waals surface area contributed by atoms with E-state index in [9.17, 15) is 10.5 Å². The number of hydrogen-bond donors (Lipinski definition) is 0. The summed E-state index contributed by atoms with van der Waals surface area (Å²) in [5.74, 6) is 0.728. The molecule has 0 spiro atoms. The summed E-state index contributed by atoms with van der Waals surface area (Å²) in [5, 5.41) is 24.8. The maximum Gasteiger partial charge on any atom is 0.184 e. The molecule has 1 fully saturated rings. The smallest absolute Gasteiger partial charge is 0.184 e. The summed E-state index contributed by atoms with van der Waals surface area (Å²) in [6.07, 6.45) is 10.1. The van der Waals surface area contributed by atoms with E-state index in [1.807, 2.05) is 27.7 Å². The zero-order chi connectivity index (χ0) is 28.3. The van der Waals surface area contributed by atoms with E-state index in [1.54, 1.807) is 18.7 Å².